The van der Waals surface area contributed by atoms with Crippen LogP contribution in [0.15, 0.2) is 78.1 Å². The Balaban J connectivity index is 1.87. The van der Waals surface area contributed by atoms with Gasteiger partial charge in [-0.2, -0.15) is 0 Å². The summed E-state index contributed by atoms with van der Waals surface area (Å²) in [6, 6.07) is 6.58. The van der Waals surface area contributed by atoms with E-state index in [1.165, 1.54) is 16.8 Å². The Morgan fingerprint density at radius 2 is 2.07 bits per heavy atom. The molecule has 0 radical (unpaired) electrons. The highest BCUT2D eigenvalue weighted by atomic mass is 15.3. The third-order valence-electron chi connectivity index (χ3n) is 5.82. The first-order valence-electron chi connectivity index (χ1n) is 10.2. The fourth-order valence-corrected chi connectivity index (χ4v) is 4.45. The first-order valence-corrected chi connectivity index (χ1v) is 10.2. The van der Waals surface area contributed by atoms with E-state index in [0.29, 0.717) is 0 Å². The molecule has 0 bridgehead atoms. The normalized spacial score (nSPS) is 26.0. The maximum absolute atomic E-state index is 5.21. The van der Waals surface area contributed by atoms with Crippen LogP contribution in [0.25, 0.3) is 5.70 Å². The van der Waals surface area contributed by atoms with Crippen molar-refractivity contribution in [3.63, 3.8) is 0 Å². The van der Waals surface area contributed by atoms with Gasteiger partial charge in [-0.15, -0.1) is 0 Å². The van der Waals surface area contributed by atoms with E-state index in [4.69, 9.17) is 4.99 Å². The molecular formula is C25H29N3. The average Bonchev–Trinajstić information content (AvgIpc) is 2.96. The van der Waals surface area contributed by atoms with Gasteiger partial charge in [0.2, 0.25) is 0 Å². The molecular weight excluding hydrogens is 342 g/mol. The first-order chi connectivity index (χ1) is 13.6. The van der Waals surface area contributed by atoms with E-state index < -0.39 is 0 Å². The number of allylic oxidation sites excluding steroid dienone is 5. The van der Waals surface area contributed by atoms with Gasteiger partial charge in [-0.3, -0.25) is 0 Å². The number of aliphatic imine (C=N–C) groups is 1. The molecule has 3 nitrogen and oxygen atoms in total. The van der Waals surface area contributed by atoms with Crippen LogP contribution in [0.2, 0.25) is 0 Å². The topological polar surface area (TPSA) is 27.6 Å². The summed E-state index contributed by atoms with van der Waals surface area (Å²) in [6.45, 7) is 12.7. The van der Waals surface area contributed by atoms with Gasteiger partial charge in [-0.1, -0.05) is 55.7 Å². The monoisotopic (exact) mass is 371 g/mol. The zero-order valence-electron chi connectivity index (χ0n) is 16.9. The van der Waals surface area contributed by atoms with Crippen molar-refractivity contribution in [2.45, 2.75) is 45.6 Å². The summed E-state index contributed by atoms with van der Waals surface area (Å²) in [7, 11) is 0. The summed E-state index contributed by atoms with van der Waals surface area (Å²) in [5.74, 6) is 1.38. The smallest absolute Gasteiger partial charge is 0.117 e. The standard InChI is InChI=1S/C25H29N3/c1-5-22-24-17(2)11-10-14-21(24)27-25(20-12-8-6-7-9-13-20)28(22)23-16-15-18(3)26-19(23)4/h5-6,8-11,13-14,20,23,26H,3-4,7,12,15-16H2,1-2H3/b22-5+/t20?,23-/m1/s1. The summed E-state index contributed by atoms with van der Waals surface area (Å²) in [4.78, 5) is 7.64. The summed E-state index contributed by atoms with van der Waals surface area (Å²) in [5.41, 5.74) is 6.86. The highest BCUT2D eigenvalue weighted by Gasteiger charge is 2.36. The lowest BCUT2D eigenvalue weighted by Gasteiger charge is -2.44. The molecule has 1 unspecified atom stereocenters. The van der Waals surface area contributed by atoms with Gasteiger partial charge in [0.1, 0.15) is 5.84 Å². The number of rotatable bonds is 2. The van der Waals surface area contributed by atoms with E-state index in [1.807, 2.05) is 0 Å². The molecule has 1 aromatic rings. The van der Waals surface area contributed by atoms with Crippen LogP contribution in [0.4, 0.5) is 5.69 Å². The Labute approximate surface area is 168 Å². The van der Waals surface area contributed by atoms with Crippen molar-refractivity contribution in [3.8, 4) is 0 Å². The minimum Gasteiger partial charge on any atom is -0.362 e. The van der Waals surface area contributed by atoms with Crippen LogP contribution < -0.4 is 5.32 Å². The molecule has 28 heavy (non-hydrogen) atoms. The molecule has 1 N–H and O–H groups in total. The van der Waals surface area contributed by atoms with E-state index in [9.17, 15) is 0 Å². The summed E-state index contributed by atoms with van der Waals surface area (Å²) >= 11 is 0. The molecule has 0 spiro atoms. The van der Waals surface area contributed by atoms with Gasteiger partial charge in [0.15, 0.2) is 0 Å². The minimum absolute atomic E-state index is 0.170. The van der Waals surface area contributed by atoms with Crippen LogP contribution in [0.3, 0.4) is 0 Å². The number of amidine groups is 1. The van der Waals surface area contributed by atoms with Gasteiger partial charge in [0.05, 0.1) is 11.7 Å². The summed E-state index contributed by atoms with van der Waals surface area (Å²) < 4.78 is 0. The van der Waals surface area contributed by atoms with E-state index in [-0.39, 0.29) is 12.0 Å². The van der Waals surface area contributed by atoms with Crippen LogP contribution >= 0.6 is 0 Å². The molecule has 1 aromatic carbocycles. The largest absolute Gasteiger partial charge is 0.362 e. The molecule has 0 amide bonds. The quantitative estimate of drug-likeness (QED) is 0.645. The van der Waals surface area contributed by atoms with Crippen LogP contribution in [-0.4, -0.2) is 16.8 Å². The molecule has 2 atom stereocenters. The SMILES string of the molecule is C=C1CC[C@@H](N2C(C3C=CCC=CC3)=Nc3cccc(C)c3/C2=C\C)C(=C)N1. The van der Waals surface area contributed by atoms with Crippen molar-refractivity contribution in [2.24, 2.45) is 10.9 Å². The fourth-order valence-electron chi connectivity index (χ4n) is 4.45. The van der Waals surface area contributed by atoms with Crippen molar-refractivity contribution >= 4 is 17.2 Å². The number of nitrogens with zero attached hydrogens (tertiary/aromatic N) is 2. The van der Waals surface area contributed by atoms with Crippen LogP contribution in [-0.2, 0) is 0 Å². The minimum atomic E-state index is 0.170. The van der Waals surface area contributed by atoms with Gasteiger partial charge in [0, 0.05) is 28.6 Å². The van der Waals surface area contributed by atoms with Crippen LogP contribution in [0.5, 0.6) is 0 Å². The highest BCUT2D eigenvalue weighted by Crippen LogP contribution is 2.42. The molecule has 0 aromatic heterocycles. The van der Waals surface area contributed by atoms with E-state index in [0.717, 1.165) is 48.6 Å². The van der Waals surface area contributed by atoms with Crippen molar-refractivity contribution in [2.75, 3.05) is 0 Å². The van der Waals surface area contributed by atoms with Gasteiger partial charge < -0.3 is 10.2 Å². The number of benzene rings is 1. The van der Waals surface area contributed by atoms with Gasteiger partial charge in [0.25, 0.3) is 0 Å². The second kappa shape index (κ2) is 7.67. The Hall–Kier alpha value is -2.81. The predicted octanol–water partition coefficient (Wildman–Crippen LogP) is 6.00. The van der Waals surface area contributed by atoms with Crippen molar-refractivity contribution in [1.29, 1.82) is 0 Å². The molecule has 2 heterocycles. The lowest BCUT2D eigenvalue weighted by molar-refractivity contribution is 0.386. The molecule has 144 valence electrons. The second-order valence-corrected chi connectivity index (χ2v) is 7.77. The Bertz CT molecular complexity index is 929. The summed E-state index contributed by atoms with van der Waals surface area (Å²) in [5, 5.41) is 3.40. The molecule has 3 aliphatic rings. The van der Waals surface area contributed by atoms with E-state index >= 15 is 0 Å². The Kier molecular flexibility index (Phi) is 5.08. The van der Waals surface area contributed by atoms with Crippen LogP contribution in [0, 0.1) is 12.8 Å². The van der Waals surface area contributed by atoms with Crippen molar-refractivity contribution < 1.29 is 0 Å². The molecule has 1 aliphatic carbocycles. The van der Waals surface area contributed by atoms with Gasteiger partial charge in [-0.05, 0) is 51.2 Å². The molecule has 2 aliphatic heterocycles. The number of hydrogen-bond acceptors (Lipinski definition) is 3. The predicted molar refractivity (Wildman–Crippen MR) is 119 cm³/mol. The maximum atomic E-state index is 5.21. The third-order valence-corrected chi connectivity index (χ3v) is 5.82. The fraction of sp³-hybridized carbons (Fsp3) is 0.320. The molecule has 1 saturated heterocycles. The Morgan fingerprint density at radius 3 is 2.86 bits per heavy atom. The Morgan fingerprint density at radius 1 is 1.21 bits per heavy atom. The molecule has 4 rings (SSSR count). The number of piperidine rings is 1. The first kappa shape index (κ1) is 18.5. The zero-order chi connectivity index (χ0) is 19.7. The highest BCUT2D eigenvalue weighted by molar-refractivity contribution is 6.01. The molecule has 0 saturated carbocycles. The average molecular weight is 372 g/mol. The lowest BCUT2D eigenvalue weighted by atomic mass is 9.91. The van der Waals surface area contributed by atoms with E-state index in [1.54, 1.807) is 0 Å². The third kappa shape index (κ3) is 3.26. The second-order valence-electron chi connectivity index (χ2n) is 7.77. The lowest BCUT2D eigenvalue weighted by Crippen LogP contribution is -2.48. The van der Waals surface area contributed by atoms with Crippen molar-refractivity contribution in [3.05, 3.63) is 84.3 Å². The number of aryl methyl sites for hydroxylation is 1. The van der Waals surface area contributed by atoms with Gasteiger partial charge >= 0.3 is 0 Å². The molecule has 3 heteroatoms. The number of fused-ring (bicyclic) bond motifs is 1. The zero-order valence-corrected chi connectivity index (χ0v) is 16.9. The molecule has 1 fully saturated rings. The van der Waals surface area contributed by atoms with E-state index in [2.05, 4.69) is 85.8 Å². The number of hydrogen-bond donors (Lipinski definition) is 1. The van der Waals surface area contributed by atoms with Crippen molar-refractivity contribution in [1.82, 2.24) is 10.2 Å². The van der Waals surface area contributed by atoms with Crippen LogP contribution in [0.1, 0.15) is 43.7 Å². The number of nitrogens with one attached hydrogen (secondary N) is 1. The van der Waals surface area contributed by atoms with Gasteiger partial charge in [-0.25, -0.2) is 4.99 Å². The summed E-state index contributed by atoms with van der Waals surface area (Å²) in [6.07, 6.45) is 15.2. The maximum Gasteiger partial charge on any atom is 0.117 e.